The number of imide groups is 1. The highest BCUT2D eigenvalue weighted by Crippen LogP contribution is 2.32. The number of aliphatic hydroxyl groups excluding tert-OH is 1. The van der Waals surface area contributed by atoms with Gasteiger partial charge in [0.05, 0.1) is 6.10 Å². The molecule has 0 aliphatic carbocycles. The molecule has 9 heteroatoms. The molecule has 2 aromatic rings. The minimum Gasteiger partial charge on any atom is -0.390 e. The van der Waals surface area contributed by atoms with Crippen molar-refractivity contribution in [3.8, 4) is 11.3 Å². The minimum absolute atomic E-state index is 0.0183. The van der Waals surface area contributed by atoms with E-state index >= 15 is 4.39 Å². The summed E-state index contributed by atoms with van der Waals surface area (Å²) in [6.07, 6.45) is 1.65. The second-order valence-corrected chi connectivity index (χ2v) is 8.64. The summed E-state index contributed by atoms with van der Waals surface area (Å²) in [7, 11) is 0. The van der Waals surface area contributed by atoms with Gasteiger partial charge in [-0.3, -0.25) is 29.6 Å². The lowest BCUT2D eigenvalue weighted by atomic mass is 9.99. The molecule has 4 heterocycles. The van der Waals surface area contributed by atoms with Crippen molar-refractivity contribution in [3.63, 3.8) is 0 Å². The number of β-amino-alcohol motifs (C(OH)–C–C–N with tert-alkyl or cyclic N) is 1. The number of aromatic nitrogens is 1. The maximum atomic E-state index is 15.3. The summed E-state index contributed by atoms with van der Waals surface area (Å²) in [6.45, 7) is 3.01. The van der Waals surface area contributed by atoms with Gasteiger partial charge in [0.2, 0.25) is 11.8 Å². The number of benzene rings is 1. The van der Waals surface area contributed by atoms with Gasteiger partial charge in [0.1, 0.15) is 11.7 Å². The third-order valence-corrected chi connectivity index (χ3v) is 6.69. The number of pyridine rings is 1. The summed E-state index contributed by atoms with van der Waals surface area (Å²) in [5.41, 5.74) is 2.42. The number of amides is 3. The zero-order chi connectivity index (χ0) is 22.6. The topological polar surface area (TPSA) is 103 Å². The van der Waals surface area contributed by atoms with E-state index in [-0.39, 0.29) is 42.6 Å². The van der Waals surface area contributed by atoms with Crippen LogP contribution in [0.2, 0.25) is 0 Å². The van der Waals surface area contributed by atoms with Crippen LogP contribution in [0.4, 0.5) is 4.39 Å². The highest BCUT2D eigenvalue weighted by atomic mass is 19.1. The number of halogens is 1. The minimum atomic E-state index is -0.692. The van der Waals surface area contributed by atoms with E-state index in [0.717, 1.165) is 0 Å². The number of hydrogen-bond acceptors (Lipinski definition) is 6. The normalized spacial score (nSPS) is 25.5. The Bertz CT molecular complexity index is 1140. The average Bonchev–Trinajstić information content (AvgIpc) is 3.10. The van der Waals surface area contributed by atoms with Crippen LogP contribution in [-0.4, -0.2) is 62.3 Å². The summed E-state index contributed by atoms with van der Waals surface area (Å²) in [5, 5.41) is 12.0. The van der Waals surface area contributed by atoms with Gasteiger partial charge in [-0.2, -0.15) is 0 Å². The van der Waals surface area contributed by atoms with Gasteiger partial charge in [-0.25, -0.2) is 4.39 Å². The van der Waals surface area contributed by atoms with Crippen LogP contribution in [0.25, 0.3) is 11.3 Å². The molecule has 0 bridgehead atoms. The number of nitrogens with zero attached hydrogens (tertiary/aromatic N) is 3. The number of rotatable bonds is 4. The number of likely N-dealkylation sites (tertiary alicyclic amines) is 1. The van der Waals surface area contributed by atoms with Crippen molar-refractivity contribution in [1.82, 2.24) is 20.1 Å². The Morgan fingerprint density at radius 3 is 2.78 bits per heavy atom. The number of nitrogens with one attached hydrogen (secondary N) is 1. The first-order chi connectivity index (χ1) is 15.3. The first-order valence-electron chi connectivity index (χ1n) is 10.7. The molecule has 3 amide bonds. The van der Waals surface area contributed by atoms with Crippen LogP contribution in [-0.2, 0) is 22.7 Å². The summed E-state index contributed by atoms with van der Waals surface area (Å²) < 4.78 is 15.3. The van der Waals surface area contributed by atoms with Crippen LogP contribution in [0.3, 0.4) is 0 Å². The zero-order valence-corrected chi connectivity index (χ0v) is 17.5. The molecule has 2 N–H and O–H groups in total. The molecule has 166 valence electrons. The molecule has 3 unspecified atom stereocenters. The first kappa shape index (κ1) is 20.7. The Labute approximate surface area is 184 Å². The molecule has 3 aliphatic rings. The Morgan fingerprint density at radius 1 is 1.25 bits per heavy atom. The number of hydrogen-bond donors (Lipinski definition) is 2. The molecule has 3 aliphatic heterocycles. The van der Waals surface area contributed by atoms with Gasteiger partial charge in [-0.1, -0.05) is 6.07 Å². The fraction of sp³-hybridized carbons (Fsp3) is 0.391. The highest BCUT2D eigenvalue weighted by Gasteiger charge is 2.39. The van der Waals surface area contributed by atoms with Crippen LogP contribution in [0, 0.1) is 5.82 Å². The highest BCUT2D eigenvalue weighted by molar-refractivity contribution is 6.05. The van der Waals surface area contributed by atoms with E-state index in [1.807, 2.05) is 11.8 Å². The molecule has 0 radical (unpaired) electrons. The zero-order valence-electron chi connectivity index (χ0n) is 17.5. The lowest BCUT2D eigenvalue weighted by molar-refractivity contribution is -0.136. The smallest absolute Gasteiger partial charge is 0.255 e. The van der Waals surface area contributed by atoms with Gasteiger partial charge >= 0.3 is 0 Å². The predicted octanol–water partition coefficient (Wildman–Crippen LogP) is 1.21. The molecule has 1 aromatic heterocycles. The van der Waals surface area contributed by atoms with E-state index in [1.165, 1.54) is 4.90 Å². The summed E-state index contributed by atoms with van der Waals surface area (Å²) in [4.78, 5) is 44.2. The molecule has 2 saturated heterocycles. The van der Waals surface area contributed by atoms with Gasteiger partial charge in [-0.15, -0.1) is 0 Å². The fourth-order valence-electron chi connectivity index (χ4n) is 4.62. The number of carbonyl (C=O) groups is 3. The Hall–Kier alpha value is -3.17. The maximum Gasteiger partial charge on any atom is 0.255 e. The van der Waals surface area contributed by atoms with Crippen molar-refractivity contribution in [2.24, 2.45) is 0 Å². The Kier molecular flexibility index (Phi) is 5.02. The second kappa shape index (κ2) is 7.75. The number of fused-ring (bicyclic) bond motifs is 1. The van der Waals surface area contributed by atoms with Gasteiger partial charge in [-0.05, 0) is 37.1 Å². The summed E-state index contributed by atoms with van der Waals surface area (Å²) in [6, 6.07) is 5.97. The molecule has 8 nitrogen and oxygen atoms in total. The van der Waals surface area contributed by atoms with Crippen molar-refractivity contribution in [3.05, 3.63) is 53.0 Å². The van der Waals surface area contributed by atoms with Crippen molar-refractivity contribution >= 4 is 17.7 Å². The van der Waals surface area contributed by atoms with E-state index in [9.17, 15) is 19.5 Å². The van der Waals surface area contributed by atoms with Crippen molar-refractivity contribution in [1.29, 1.82) is 0 Å². The second-order valence-electron chi connectivity index (χ2n) is 8.64. The largest absolute Gasteiger partial charge is 0.390 e. The van der Waals surface area contributed by atoms with Crippen LogP contribution in [0.15, 0.2) is 30.5 Å². The van der Waals surface area contributed by atoms with Crippen LogP contribution in [0.1, 0.15) is 41.3 Å². The van der Waals surface area contributed by atoms with Crippen molar-refractivity contribution in [2.45, 2.75) is 51.0 Å². The standard InChI is InChI=1S/C23H23FN4O4/c1-12-18(29)11-27(12)9-14-6-7-25-21(20(14)24)13-2-3-16-15(8-13)10-28(23(16)32)17-4-5-19(30)26-22(17)31/h2-3,6-8,12,17-18,29H,4-5,9-11H2,1H3,(H,26,30,31). The number of carbonyl (C=O) groups excluding carboxylic acids is 3. The molecular formula is C23H23FN4O4. The third-order valence-electron chi connectivity index (χ3n) is 6.69. The quantitative estimate of drug-likeness (QED) is 0.696. The third kappa shape index (κ3) is 3.37. The van der Waals surface area contributed by atoms with E-state index in [2.05, 4.69) is 10.3 Å². The fourth-order valence-corrected chi connectivity index (χ4v) is 4.62. The monoisotopic (exact) mass is 438 g/mol. The summed E-state index contributed by atoms with van der Waals surface area (Å²) in [5.74, 6) is -1.49. The molecular weight excluding hydrogens is 415 g/mol. The Morgan fingerprint density at radius 2 is 2.06 bits per heavy atom. The van der Waals surface area contributed by atoms with Gasteiger partial charge in [0.15, 0.2) is 5.82 Å². The SMILES string of the molecule is CC1C(O)CN1Cc1ccnc(-c2ccc3c(c2)CN(C2CCC(=O)NC2=O)C3=O)c1F. The first-order valence-corrected chi connectivity index (χ1v) is 10.7. The lowest BCUT2D eigenvalue weighted by Crippen LogP contribution is -2.57. The molecule has 3 atom stereocenters. The number of aliphatic hydroxyl groups is 1. The van der Waals surface area contributed by atoms with Crippen LogP contribution in [0.5, 0.6) is 0 Å². The molecule has 32 heavy (non-hydrogen) atoms. The van der Waals surface area contributed by atoms with Crippen molar-refractivity contribution in [2.75, 3.05) is 6.54 Å². The van der Waals surface area contributed by atoms with Gasteiger partial charge in [0.25, 0.3) is 5.91 Å². The van der Waals surface area contributed by atoms with Crippen molar-refractivity contribution < 1.29 is 23.9 Å². The number of piperidine rings is 1. The van der Waals surface area contributed by atoms with E-state index in [4.69, 9.17) is 0 Å². The molecule has 2 fully saturated rings. The van der Waals surface area contributed by atoms with Gasteiger partial charge < -0.3 is 10.0 Å². The van der Waals surface area contributed by atoms with Gasteiger partial charge in [0, 0.05) is 55.0 Å². The van der Waals surface area contributed by atoms with Crippen LogP contribution >= 0.6 is 0 Å². The van der Waals surface area contributed by atoms with Crippen LogP contribution < -0.4 is 5.32 Å². The van der Waals surface area contributed by atoms with E-state index in [0.29, 0.717) is 41.8 Å². The summed E-state index contributed by atoms with van der Waals surface area (Å²) >= 11 is 0. The van der Waals surface area contributed by atoms with E-state index < -0.39 is 17.8 Å². The predicted molar refractivity (Wildman–Crippen MR) is 112 cm³/mol. The molecule has 0 saturated carbocycles. The lowest BCUT2D eigenvalue weighted by Gasteiger charge is -2.43. The molecule has 0 spiro atoms. The molecule has 1 aromatic carbocycles. The molecule has 5 rings (SSSR count). The van der Waals surface area contributed by atoms with E-state index in [1.54, 1.807) is 30.5 Å². The average molecular weight is 438 g/mol. The maximum absolute atomic E-state index is 15.3. The Balaban J connectivity index is 1.39.